The summed E-state index contributed by atoms with van der Waals surface area (Å²) in [5.74, 6) is 1.72. The molecule has 0 unspecified atom stereocenters. The van der Waals surface area contributed by atoms with Gasteiger partial charge in [0.1, 0.15) is 0 Å². The van der Waals surface area contributed by atoms with E-state index in [1.807, 2.05) is 12.1 Å². The van der Waals surface area contributed by atoms with Gasteiger partial charge in [-0.2, -0.15) is 0 Å². The van der Waals surface area contributed by atoms with Crippen LogP contribution in [-0.2, 0) is 11.3 Å². The van der Waals surface area contributed by atoms with Crippen LogP contribution < -0.4 is 5.32 Å². The third kappa shape index (κ3) is 5.53. The summed E-state index contributed by atoms with van der Waals surface area (Å²) in [5, 5.41) is 12.7. The van der Waals surface area contributed by atoms with E-state index < -0.39 is 0 Å². The number of carbonyl (C=O) groups excluding carboxylic acids is 1. The van der Waals surface area contributed by atoms with Crippen molar-refractivity contribution in [1.29, 1.82) is 0 Å². The van der Waals surface area contributed by atoms with E-state index in [2.05, 4.69) is 77.9 Å². The van der Waals surface area contributed by atoms with Crippen molar-refractivity contribution in [1.82, 2.24) is 19.7 Å². The minimum atomic E-state index is -0.0310. The maximum atomic E-state index is 12.9. The number of nitrogens with one attached hydrogen (secondary N) is 1. The molecule has 3 rings (SSSR count). The third-order valence-electron chi connectivity index (χ3n) is 5.07. The van der Waals surface area contributed by atoms with E-state index in [4.69, 9.17) is 0 Å². The second-order valence-corrected chi connectivity index (χ2v) is 9.09. The zero-order valence-electron chi connectivity index (χ0n) is 18.9. The van der Waals surface area contributed by atoms with Crippen LogP contribution >= 0.6 is 11.8 Å². The highest BCUT2D eigenvalue weighted by Gasteiger charge is 2.18. The second kappa shape index (κ2) is 10.6. The van der Waals surface area contributed by atoms with Crippen molar-refractivity contribution in [2.75, 3.05) is 11.1 Å². The molecule has 0 saturated carbocycles. The summed E-state index contributed by atoms with van der Waals surface area (Å²) in [4.78, 5) is 17.0. The number of carbonyl (C=O) groups is 1. The normalized spacial score (nSPS) is 11.3. The van der Waals surface area contributed by atoms with Crippen LogP contribution in [0.15, 0.2) is 47.9 Å². The number of anilines is 1. The van der Waals surface area contributed by atoms with Gasteiger partial charge in [-0.05, 0) is 41.5 Å². The zero-order valence-corrected chi connectivity index (χ0v) is 19.7. The first-order chi connectivity index (χ1) is 14.9. The molecule has 7 heteroatoms. The molecular weight excluding hydrogens is 406 g/mol. The number of hydrogen-bond acceptors (Lipinski definition) is 5. The number of aromatic nitrogens is 4. The second-order valence-electron chi connectivity index (χ2n) is 8.15. The van der Waals surface area contributed by atoms with Crippen molar-refractivity contribution >= 4 is 23.4 Å². The minimum Gasteiger partial charge on any atom is -0.325 e. The standard InChI is InChI=1S/C24H31N5OS/c1-6-14-29-23(18-10-12-25-13-11-18)27-28-24(29)31-15-21(30)26-22-19(16(2)3)8-7-9-20(22)17(4)5/h7-13,16-17H,6,14-15H2,1-5H3,(H,26,30). The van der Waals surface area contributed by atoms with Gasteiger partial charge in [0.05, 0.1) is 5.75 Å². The van der Waals surface area contributed by atoms with E-state index in [0.29, 0.717) is 11.8 Å². The van der Waals surface area contributed by atoms with Gasteiger partial charge >= 0.3 is 0 Å². The van der Waals surface area contributed by atoms with Gasteiger partial charge in [-0.15, -0.1) is 10.2 Å². The molecule has 31 heavy (non-hydrogen) atoms. The lowest BCUT2D eigenvalue weighted by Crippen LogP contribution is -2.18. The van der Waals surface area contributed by atoms with E-state index in [-0.39, 0.29) is 11.7 Å². The number of thioether (sulfide) groups is 1. The third-order valence-corrected chi connectivity index (χ3v) is 6.04. The first-order valence-corrected chi connectivity index (χ1v) is 11.8. The van der Waals surface area contributed by atoms with Gasteiger partial charge in [-0.1, -0.05) is 64.6 Å². The van der Waals surface area contributed by atoms with Crippen LogP contribution in [-0.4, -0.2) is 31.4 Å². The Kier molecular flexibility index (Phi) is 7.85. The zero-order chi connectivity index (χ0) is 22.4. The molecule has 0 aliphatic rings. The summed E-state index contributed by atoms with van der Waals surface area (Å²) in [6.45, 7) is 11.5. The number of rotatable bonds is 9. The number of nitrogens with zero attached hydrogens (tertiary/aromatic N) is 4. The summed E-state index contributed by atoms with van der Waals surface area (Å²) >= 11 is 1.42. The van der Waals surface area contributed by atoms with Crippen LogP contribution in [0.4, 0.5) is 5.69 Å². The van der Waals surface area contributed by atoms with Gasteiger partial charge < -0.3 is 9.88 Å². The Hall–Kier alpha value is -2.67. The Morgan fingerprint density at radius 1 is 1.03 bits per heavy atom. The molecule has 3 aromatic rings. The van der Waals surface area contributed by atoms with Gasteiger partial charge in [0, 0.05) is 30.2 Å². The monoisotopic (exact) mass is 437 g/mol. The number of hydrogen-bond donors (Lipinski definition) is 1. The molecule has 6 nitrogen and oxygen atoms in total. The molecule has 0 saturated heterocycles. The van der Waals surface area contributed by atoms with Crippen LogP contribution in [0, 0.1) is 0 Å². The Morgan fingerprint density at radius 3 is 2.26 bits per heavy atom. The van der Waals surface area contributed by atoms with E-state index >= 15 is 0 Å². The fourth-order valence-electron chi connectivity index (χ4n) is 3.54. The average molecular weight is 438 g/mol. The molecule has 0 bridgehead atoms. The molecule has 0 fully saturated rings. The highest BCUT2D eigenvalue weighted by atomic mass is 32.2. The van der Waals surface area contributed by atoms with Crippen LogP contribution in [0.2, 0.25) is 0 Å². The number of para-hydroxylation sites is 1. The lowest BCUT2D eigenvalue weighted by Gasteiger charge is -2.20. The van der Waals surface area contributed by atoms with Gasteiger partial charge in [0.15, 0.2) is 11.0 Å². The van der Waals surface area contributed by atoms with Gasteiger partial charge in [-0.3, -0.25) is 9.78 Å². The van der Waals surface area contributed by atoms with Gasteiger partial charge in [-0.25, -0.2) is 0 Å². The SMILES string of the molecule is CCCn1c(SCC(=O)Nc2c(C(C)C)cccc2C(C)C)nnc1-c1ccncc1. The molecule has 1 N–H and O–H groups in total. The van der Waals surface area contributed by atoms with Crippen molar-refractivity contribution in [2.45, 2.75) is 64.6 Å². The maximum absolute atomic E-state index is 12.9. The van der Waals surface area contributed by atoms with Crippen molar-refractivity contribution in [2.24, 2.45) is 0 Å². The summed E-state index contributed by atoms with van der Waals surface area (Å²) in [6.07, 6.45) is 4.45. The van der Waals surface area contributed by atoms with Crippen molar-refractivity contribution in [3.8, 4) is 11.4 Å². The molecule has 2 heterocycles. The smallest absolute Gasteiger partial charge is 0.234 e. The van der Waals surface area contributed by atoms with Crippen molar-refractivity contribution in [3.63, 3.8) is 0 Å². The number of benzene rings is 1. The lowest BCUT2D eigenvalue weighted by atomic mass is 9.92. The highest BCUT2D eigenvalue weighted by molar-refractivity contribution is 7.99. The molecule has 1 amide bonds. The summed E-state index contributed by atoms with van der Waals surface area (Å²) in [5.41, 5.74) is 4.25. The number of pyridine rings is 1. The van der Waals surface area contributed by atoms with Crippen LogP contribution in [0.25, 0.3) is 11.4 Å². The maximum Gasteiger partial charge on any atom is 0.234 e. The van der Waals surface area contributed by atoms with E-state index in [1.165, 1.54) is 22.9 Å². The molecule has 0 aliphatic heterocycles. The lowest BCUT2D eigenvalue weighted by molar-refractivity contribution is -0.113. The summed E-state index contributed by atoms with van der Waals surface area (Å²) in [7, 11) is 0. The molecule has 1 aromatic carbocycles. The van der Waals surface area contributed by atoms with Crippen molar-refractivity contribution < 1.29 is 4.79 Å². The van der Waals surface area contributed by atoms with Gasteiger partial charge in [0.2, 0.25) is 5.91 Å². The summed E-state index contributed by atoms with van der Waals surface area (Å²) < 4.78 is 2.08. The Labute approximate surface area is 188 Å². The Bertz CT molecular complexity index is 988. The quantitative estimate of drug-likeness (QED) is 0.433. The molecule has 0 spiro atoms. The fourth-order valence-corrected chi connectivity index (χ4v) is 4.30. The molecule has 2 aromatic heterocycles. The van der Waals surface area contributed by atoms with E-state index in [0.717, 1.165) is 35.2 Å². The van der Waals surface area contributed by atoms with Gasteiger partial charge in [0.25, 0.3) is 0 Å². The van der Waals surface area contributed by atoms with E-state index in [1.54, 1.807) is 12.4 Å². The van der Waals surface area contributed by atoms with Crippen LogP contribution in [0.5, 0.6) is 0 Å². The molecule has 0 radical (unpaired) electrons. The minimum absolute atomic E-state index is 0.0310. The Balaban J connectivity index is 1.77. The van der Waals surface area contributed by atoms with Crippen LogP contribution in [0.3, 0.4) is 0 Å². The largest absolute Gasteiger partial charge is 0.325 e. The molecule has 0 atom stereocenters. The molecule has 0 aliphatic carbocycles. The number of amides is 1. The summed E-state index contributed by atoms with van der Waals surface area (Å²) in [6, 6.07) is 10.1. The van der Waals surface area contributed by atoms with Crippen LogP contribution in [0.1, 0.15) is 64.0 Å². The first-order valence-electron chi connectivity index (χ1n) is 10.8. The predicted octanol–water partition coefficient (Wildman–Crippen LogP) is 5.73. The molecular formula is C24H31N5OS. The molecule has 164 valence electrons. The first kappa shape index (κ1) is 23.0. The highest BCUT2D eigenvalue weighted by Crippen LogP contribution is 2.33. The van der Waals surface area contributed by atoms with Crippen molar-refractivity contribution in [3.05, 3.63) is 53.9 Å². The topological polar surface area (TPSA) is 72.7 Å². The van der Waals surface area contributed by atoms with E-state index in [9.17, 15) is 4.79 Å². The predicted molar refractivity (Wildman–Crippen MR) is 128 cm³/mol. The Morgan fingerprint density at radius 2 is 1.68 bits per heavy atom. The average Bonchev–Trinajstić information content (AvgIpc) is 3.15. The fraction of sp³-hybridized carbons (Fsp3) is 0.417.